The van der Waals surface area contributed by atoms with E-state index in [1.54, 1.807) is 0 Å². The fourth-order valence-electron chi connectivity index (χ4n) is 0. The number of carbonyl (C=O) groups excluding carboxylic acids is 1. The molecule has 0 radical (unpaired) electrons. The molecule has 9 heavy (non-hydrogen) atoms. The zero-order chi connectivity index (χ0) is 7.86. The maximum atomic E-state index is 9.34. The summed E-state index contributed by atoms with van der Waals surface area (Å²) in [5, 5.41) is 17.3. The molecule has 0 aliphatic rings. The molecule has 0 aliphatic carbocycles. The van der Waals surface area contributed by atoms with E-state index >= 15 is 0 Å². The summed E-state index contributed by atoms with van der Waals surface area (Å²) < 4.78 is 7.42. The van der Waals surface area contributed by atoms with Crippen LogP contribution in [-0.4, -0.2) is 36.0 Å². The van der Waals surface area contributed by atoms with Gasteiger partial charge in [-0.2, -0.15) is 0 Å². The van der Waals surface area contributed by atoms with Gasteiger partial charge in [-0.25, -0.2) is 0 Å². The van der Waals surface area contributed by atoms with E-state index in [1.165, 1.54) is 0 Å². The summed E-state index contributed by atoms with van der Waals surface area (Å²) in [6, 6.07) is 0. The topological polar surface area (TPSA) is 80.6 Å². The molecule has 1 atom stereocenters. The monoisotopic (exact) mass is 168 g/mol. The maximum absolute atomic E-state index is 9.34. The second-order valence-corrected chi connectivity index (χ2v) is 1.87. The molecule has 0 saturated carbocycles. The van der Waals surface area contributed by atoms with Crippen LogP contribution >= 0.6 is 10.0 Å². The van der Waals surface area contributed by atoms with E-state index in [9.17, 15) is 9.90 Å². The van der Waals surface area contributed by atoms with Gasteiger partial charge < -0.3 is 15.0 Å². The Balaban J connectivity index is 0. The van der Waals surface area contributed by atoms with Crippen LogP contribution in [0.25, 0.3) is 0 Å². The molecule has 0 saturated heterocycles. The van der Waals surface area contributed by atoms with Gasteiger partial charge >= 0.3 is 28.8 Å². The van der Waals surface area contributed by atoms with E-state index in [4.69, 9.17) is 9.26 Å². The molecule has 52 valence electrons. The van der Waals surface area contributed by atoms with Crippen molar-refractivity contribution in [1.29, 1.82) is 0 Å². The number of hydrogen-bond donors (Lipinski definition) is 2. The summed E-state index contributed by atoms with van der Waals surface area (Å²) in [7, 11) is 4.64. The second kappa shape index (κ2) is 8.21. The molecule has 0 fully saturated rings. The van der Waals surface area contributed by atoms with Crippen LogP contribution in [0.3, 0.4) is 0 Å². The molecule has 0 aromatic carbocycles. The first kappa shape index (κ1) is 11.9. The van der Waals surface area contributed by atoms with Crippen LogP contribution in [0.2, 0.25) is 0 Å². The van der Waals surface area contributed by atoms with Crippen LogP contribution in [0.15, 0.2) is 0 Å². The number of halogens is 1. The van der Waals surface area contributed by atoms with Gasteiger partial charge in [0.25, 0.3) is 0 Å². The molecule has 0 heterocycles. The Bertz CT molecular complexity index is 76.2. The van der Waals surface area contributed by atoms with Crippen LogP contribution in [0.1, 0.15) is 6.92 Å². The third kappa shape index (κ3) is 17.9. The van der Waals surface area contributed by atoms with Gasteiger partial charge in [-0.05, 0) is 6.92 Å². The van der Waals surface area contributed by atoms with Crippen LogP contribution in [0.5, 0.6) is 0 Å². The molecule has 2 N–H and O–H groups in total. The third-order valence-corrected chi connectivity index (χ3v) is 0.341. The molecule has 0 aromatic rings. The summed E-state index contributed by atoms with van der Waals surface area (Å²) in [5.41, 5.74) is 0. The van der Waals surface area contributed by atoms with Crippen molar-refractivity contribution in [3.05, 3.63) is 0 Å². The van der Waals surface area contributed by atoms with Crippen molar-refractivity contribution in [3.63, 3.8) is 0 Å². The Hall–Kier alpha value is 0.212. The number of carboxylic acids is 1. The van der Waals surface area contributed by atoms with Gasteiger partial charge in [0.1, 0.15) is 0 Å². The second-order valence-electron chi connectivity index (χ2n) is 1.09. The van der Waals surface area contributed by atoms with Crippen LogP contribution in [0, 0.1) is 0 Å². The van der Waals surface area contributed by atoms with Crippen LogP contribution in [-0.2, 0) is 4.79 Å². The fourth-order valence-corrected chi connectivity index (χ4v) is 0. The molecule has 0 rings (SSSR count). The van der Waals surface area contributed by atoms with Gasteiger partial charge in [-0.3, -0.25) is 0 Å². The number of carboxylic acid groups (broad SMARTS) is 1. The molecule has 0 bridgehead atoms. The number of aliphatic hydroxyl groups is 1. The number of aliphatic carboxylic acids is 1. The van der Waals surface area contributed by atoms with Gasteiger partial charge in [0.2, 0.25) is 0 Å². The molecule has 6 heteroatoms. The first-order valence-corrected chi connectivity index (χ1v) is 4.27. The standard InChI is InChI=1S/C3H6O3.Al.ClH.H2O/c1-2(4)3(5)6;;;/h2,4H,1H3,(H,5,6);;1H;1H2/q;+3;;/p-3. The summed E-state index contributed by atoms with van der Waals surface area (Å²) in [6.07, 6.45) is -1.34. The van der Waals surface area contributed by atoms with E-state index in [1.807, 2.05) is 0 Å². The predicted octanol–water partition coefficient (Wildman–Crippen LogP) is -2.13. The van der Waals surface area contributed by atoms with Crippen molar-refractivity contribution in [2.75, 3.05) is 0 Å². The molecule has 0 amide bonds. The van der Waals surface area contributed by atoms with Crippen molar-refractivity contribution in [2.45, 2.75) is 13.0 Å². The Labute approximate surface area is 63.3 Å². The Morgan fingerprint density at radius 2 is 2.00 bits per heavy atom. The van der Waals surface area contributed by atoms with E-state index in [2.05, 4.69) is 10.0 Å². The van der Waals surface area contributed by atoms with Crippen molar-refractivity contribution in [2.24, 2.45) is 0 Å². The van der Waals surface area contributed by atoms with Crippen LogP contribution in [0.4, 0.5) is 0 Å². The predicted molar refractivity (Wildman–Crippen MR) is 30.5 cm³/mol. The van der Waals surface area contributed by atoms with Gasteiger partial charge in [-0.15, -0.1) is 0 Å². The molecule has 1 unspecified atom stereocenters. The zero-order valence-electron chi connectivity index (χ0n) is 4.74. The van der Waals surface area contributed by atoms with Gasteiger partial charge in [0.05, 0.1) is 12.1 Å². The summed E-state index contributed by atoms with van der Waals surface area (Å²) in [6.45, 7) is 1.13. The Morgan fingerprint density at radius 1 is 1.89 bits per heavy atom. The average Bonchev–Trinajstić information content (AvgIpc) is 1.68. The normalized spacial score (nSPS) is 10.2. The van der Waals surface area contributed by atoms with E-state index in [0.717, 1.165) is 6.92 Å². The van der Waals surface area contributed by atoms with Gasteiger partial charge in [0.15, 0.2) is 0 Å². The third-order valence-electron chi connectivity index (χ3n) is 0.341. The average molecular weight is 169 g/mol. The Kier molecular flexibility index (Phi) is 10.9. The van der Waals surface area contributed by atoms with E-state index < -0.39 is 26.7 Å². The molecule has 0 aromatic heterocycles. The molecular formula is C3H6AlClO4. The summed E-state index contributed by atoms with van der Waals surface area (Å²) in [4.78, 5) is 9.34. The van der Waals surface area contributed by atoms with Crippen molar-refractivity contribution < 1.29 is 19.2 Å². The Morgan fingerprint density at radius 3 is 2.00 bits per heavy atom. The van der Waals surface area contributed by atoms with E-state index in [-0.39, 0.29) is 0 Å². The molecular weight excluding hydrogens is 162 g/mol. The fraction of sp³-hybridized carbons (Fsp3) is 0.667. The molecule has 0 aliphatic heterocycles. The zero-order valence-corrected chi connectivity index (χ0v) is 6.65. The minimum absolute atomic E-state index is 0.778. The number of hydrogen-bond acceptors (Lipinski definition) is 4. The molecule has 4 nitrogen and oxygen atoms in total. The minimum atomic E-state index is -1.44. The number of rotatable bonds is 1. The quantitative estimate of drug-likeness (QED) is 0.438. The van der Waals surface area contributed by atoms with Gasteiger partial charge in [0, 0.05) is 0 Å². The first-order chi connectivity index (χ1) is 4.06. The van der Waals surface area contributed by atoms with E-state index in [0.29, 0.717) is 0 Å². The SMILES string of the molecule is CC(O)C(=O)[O-].[OH][Al+][Cl]. The van der Waals surface area contributed by atoms with Crippen molar-refractivity contribution >= 4 is 30.7 Å². The summed E-state index contributed by atoms with van der Waals surface area (Å²) in [5.74, 6) is -1.44. The first-order valence-electron chi connectivity index (χ1n) is 2.01. The van der Waals surface area contributed by atoms with Crippen molar-refractivity contribution in [3.8, 4) is 0 Å². The van der Waals surface area contributed by atoms with Crippen molar-refractivity contribution in [1.82, 2.24) is 0 Å². The number of aliphatic hydroxyl groups excluding tert-OH is 1. The number of carbonyl (C=O) groups is 1. The van der Waals surface area contributed by atoms with Crippen LogP contribution < -0.4 is 5.11 Å². The summed E-state index contributed by atoms with van der Waals surface area (Å²) >= 11 is -0.778. The molecule has 0 spiro atoms. The van der Waals surface area contributed by atoms with Gasteiger partial charge in [-0.1, -0.05) is 0 Å².